The number of benzene rings is 2. The summed E-state index contributed by atoms with van der Waals surface area (Å²) in [6.45, 7) is 3.96. The second kappa shape index (κ2) is 8.68. The van der Waals surface area contributed by atoms with E-state index in [1.54, 1.807) is 24.3 Å². The van der Waals surface area contributed by atoms with Crippen molar-refractivity contribution < 1.29 is 9.53 Å². The molecule has 2 aromatic rings. The van der Waals surface area contributed by atoms with Crippen LogP contribution in [-0.4, -0.2) is 17.6 Å². The average molecular weight is 381 g/mol. The van der Waals surface area contributed by atoms with Gasteiger partial charge in [-0.25, -0.2) is 0 Å². The molecule has 2 aromatic carbocycles. The summed E-state index contributed by atoms with van der Waals surface area (Å²) in [7, 11) is 0. The largest absolute Gasteiger partial charge is 0.487 e. The monoisotopic (exact) mass is 380 g/mol. The van der Waals surface area contributed by atoms with E-state index in [0.29, 0.717) is 33.7 Å². The quantitative estimate of drug-likeness (QED) is 0.583. The van der Waals surface area contributed by atoms with Gasteiger partial charge in [0.2, 0.25) is 0 Å². The van der Waals surface area contributed by atoms with E-state index in [4.69, 9.17) is 40.2 Å². The molecule has 0 saturated carbocycles. The maximum absolute atomic E-state index is 12.2. The lowest BCUT2D eigenvalue weighted by molar-refractivity contribution is 0.0977. The number of carbonyl (C=O) groups is 1. The lowest BCUT2D eigenvalue weighted by Crippen LogP contribution is -2.34. The third kappa shape index (κ3) is 5.23. The van der Waals surface area contributed by atoms with Crippen molar-refractivity contribution in [3.05, 3.63) is 70.7 Å². The molecule has 0 fully saturated rings. The molecule has 0 atom stereocenters. The summed E-state index contributed by atoms with van der Waals surface area (Å²) in [6.07, 6.45) is 1.64. The van der Waals surface area contributed by atoms with E-state index in [2.05, 4.69) is 17.2 Å². The van der Waals surface area contributed by atoms with Crippen molar-refractivity contribution in [2.24, 2.45) is 0 Å². The zero-order valence-corrected chi connectivity index (χ0v) is 14.8. The van der Waals surface area contributed by atoms with Gasteiger partial charge in [0.25, 0.3) is 5.91 Å². The SMILES string of the molecule is C=CCOc1ccccc1NC(=S)NC(=O)c1cc(Cl)cc(Cl)c1. The second-order valence-electron chi connectivity index (χ2n) is 4.66. The van der Waals surface area contributed by atoms with Crippen LogP contribution in [0.2, 0.25) is 10.0 Å². The third-order valence-electron chi connectivity index (χ3n) is 2.84. The van der Waals surface area contributed by atoms with Gasteiger partial charge in [-0.05, 0) is 42.5 Å². The molecular formula is C17H14Cl2N2O2S. The van der Waals surface area contributed by atoms with E-state index in [-0.39, 0.29) is 5.11 Å². The molecular weight excluding hydrogens is 367 g/mol. The van der Waals surface area contributed by atoms with Crippen molar-refractivity contribution in [3.63, 3.8) is 0 Å². The molecule has 2 N–H and O–H groups in total. The molecule has 0 radical (unpaired) electrons. The van der Waals surface area contributed by atoms with Crippen LogP contribution in [0.4, 0.5) is 5.69 Å². The number of para-hydroxylation sites is 2. The summed E-state index contributed by atoms with van der Waals surface area (Å²) in [5.74, 6) is 0.182. The van der Waals surface area contributed by atoms with Crippen LogP contribution in [0.25, 0.3) is 0 Å². The Hall–Kier alpha value is -2.08. The van der Waals surface area contributed by atoms with Crippen molar-refractivity contribution >= 4 is 52.1 Å². The molecule has 2 rings (SSSR count). The molecule has 24 heavy (non-hydrogen) atoms. The Morgan fingerprint density at radius 2 is 1.88 bits per heavy atom. The normalized spacial score (nSPS) is 9.92. The minimum atomic E-state index is -0.415. The first-order valence-electron chi connectivity index (χ1n) is 6.90. The highest BCUT2D eigenvalue weighted by atomic mass is 35.5. The molecule has 0 bridgehead atoms. The summed E-state index contributed by atoms with van der Waals surface area (Å²) in [5, 5.41) is 6.36. The van der Waals surface area contributed by atoms with Crippen LogP contribution in [0.3, 0.4) is 0 Å². The number of anilines is 1. The van der Waals surface area contributed by atoms with E-state index in [0.717, 1.165) is 0 Å². The Morgan fingerprint density at radius 3 is 2.54 bits per heavy atom. The van der Waals surface area contributed by atoms with Crippen molar-refractivity contribution in [2.75, 3.05) is 11.9 Å². The molecule has 0 spiro atoms. The van der Waals surface area contributed by atoms with Crippen LogP contribution >= 0.6 is 35.4 Å². The van der Waals surface area contributed by atoms with Gasteiger partial charge in [0.05, 0.1) is 5.69 Å². The number of nitrogens with one attached hydrogen (secondary N) is 2. The number of halogens is 2. The first-order chi connectivity index (χ1) is 11.5. The summed E-state index contributed by atoms with van der Waals surface area (Å²) >= 11 is 16.9. The van der Waals surface area contributed by atoms with Crippen LogP contribution in [0.5, 0.6) is 5.75 Å². The fourth-order valence-electron chi connectivity index (χ4n) is 1.86. The van der Waals surface area contributed by atoms with Gasteiger partial charge < -0.3 is 10.1 Å². The number of rotatable bonds is 5. The van der Waals surface area contributed by atoms with Crippen LogP contribution < -0.4 is 15.4 Å². The summed E-state index contributed by atoms with van der Waals surface area (Å²) in [6, 6.07) is 11.8. The van der Waals surface area contributed by atoms with E-state index in [1.165, 1.54) is 12.1 Å². The van der Waals surface area contributed by atoms with Gasteiger partial charge >= 0.3 is 0 Å². The van der Waals surface area contributed by atoms with Gasteiger partial charge in [-0.1, -0.05) is 48.0 Å². The van der Waals surface area contributed by atoms with Crippen LogP contribution in [0.1, 0.15) is 10.4 Å². The summed E-state index contributed by atoms with van der Waals surface area (Å²) in [5.41, 5.74) is 0.946. The maximum Gasteiger partial charge on any atom is 0.257 e. The molecule has 0 unspecified atom stereocenters. The average Bonchev–Trinajstić information content (AvgIpc) is 2.53. The Bertz CT molecular complexity index is 761. The lowest BCUT2D eigenvalue weighted by Gasteiger charge is -2.13. The Kier molecular flexibility index (Phi) is 6.61. The number of carbonyl (C=O) groups excluding carboxylic acids is 1. The molecule has 7 heteroatoms. The van der Waals surface area contributed by atoms with Gasteiger partial charge in [-0.3, -0.25) is 10.1 Å². The van der Waals surface area contributed by atoms with E-state index in [1.807, 2.05) is 12.1 Å². The highest BCUT2D eigenvalue weighted by Crippen LogP contribution is 2.24. The number of thiocarbonyl (C=S) groups is 1. The van der Waals surface area contributed by atoms with E-state index in [9.17, 15) is 4.79 Å². The van der Waals surface area contributed by atoms with Gasteiger partial charge in [0.15, 0.2) is 5.11 Å². The fraction of sp³-hybridized carbons (Fsp3) is 0.0588. The number of hydrogen-bond acceptors (Lipinski definition) is 3. The smallest absolute Gasteiger partial charge is 0.257 e. The molecule has 0 aliphatic heterocycles. The summed E-state index contributed by atoms with van der Waals surface area (Å²) < 4.78 is 5.52. The Labute approximate surface area is 155 Å². The predicted octanol–water partition coefficient (Wildman–Crippen LogP) is 4.69. The number of ether oxygens (including phenoxy) is 1. The van der Waals surface area contributed by atoms with E-state index < -0.39 is 5.91 Å². The highest BCUT2D eigenvalue weighted by molar-refractivity contribution is 7.80. The Morgan fingerprint density at radius 1 is 1.21 bits per heavy atom. The zero-order valence-electron chi connectivity index (χ0n) is 12.5. The van der Waals surface area contributed by atoms with Gasteiger partial charge in [0.1, 0.15) is 12.4 Å². The molecule has 1 amide bonds. The minimum Gasteiger partial charge on any atom is -0.487 e. The third-order valence-corrected chi connectivity index (χ3v) is 3.48. The molecule has 4 nitrogen and oxygen atoms in total. The van der Waals surface area contributed by atoms with Crippen molar-refractivity contribution in [1.82, 2.24) is 5.32 Å². The molecule has 0 aromatic heterocycles. The molecule has 0 heterocycles. The minimum absolute atomic E-state index is 0.130. The first kappa shape index (κ1) is 18.3. The standard InChI is InChI=1S/C17H14Cl2N2O2S/c1-2-7-23-15-6-4-3-5-14(15)20-17(24)21-16(22)11-8-12(18)10-13(19)9-11/h2-6,8-10H,1,7H2,(H2,20,21,22,24). The lowest BCUT2D eigenvalue weighted by atomic mass is 10.2. The van der Waals surface area contributed by atoms with Gasteiger partial charge in [-0.15, -0.1) is 0 Å². The summed E-state index contributed by atoms with van der Waals surface area (Å²) in [4.78, 5) is 12.2. The van der Waals surface area contributed by atoms with Crippen LogP contribution in [0, 0.1) is 0 Å². The maximum atomic E-state index is 12.2. The molecule has 0 aliphatic carbocycles. The van der Waals surface area contributed by atoms with Crippen molar-refractivity contribution in [2.45, 2.75) is 0 Å². The number of amides is 1. The highest BCUT2D eigenvalue weighted by Gasteiger charge is 2.11. The van der Waals surface area contributed by atoms with E-state index >= 15 is 0 Å². The van der Waals surface area contributed by atoms with Gasteiger partial charge in [-0.2, -0.15) is 0 Å². The molecule has 0 aliphatic rings. The topological polar surface area (TPSA) is 50.4 Å². The first-order valence-corrected chi connectivity index (χ1v) is 8.07. The van der Waals surface area contributed by atoms with Crippen LogP contribution in [-0.2, 0) is 0 Å². The number of hydrogen-bond donors (Lipinski definition) is 2. The predicted molar refractivity (Wildman–Crippen MR) is 102 cm³/mol. The second-order valence-corrected chi connectivity index (χ2v) is 5.94. The van der Waals surface area contributed by atoms with Crippen molar-refractivity contribution in [3.8, 4) is 5.75 Å². The fourth-order valence-corrected chi connectivity index (χ4v) is 2.59. The Balaban J connectivity index is 2.05. The molecule has 124 valence electrons. The van der Waals surface area contributed by atoms with Crippen LogP contribution in [0.15, 0.2) is 55.1 Å². The molecule has 0 saturated heterocycles. The van der Waals surface area contributed by atoms with Gasteiger partial charge in [0, 0.05) is 15.6 Å². The van der Waals surface area contributed by atoms with Crippen molar-refractivity contribution in [1.29, 1.82) is 0 Å². The zero-order chi connectivity index (χ0) is 17.5.